The molecule has 0 bridgehead atoms. The molecule has 156 valence electrons. The molecule has 0 saturated heterocycles. The molecule has 0 spiro atoms. The van der Waals surface area contributed by atoms with E-state index in [1.54, 1.807) is 55.7 Å². The van der Waals surface area contributed by atoms with Crippen molar-refractivity contribution in [2.75, 3.05) is 13.7 Å². The lowest BCUT2D eigenvalue weighted by Gasteiger charge is -2.07. The molecular weight excluding hydrogens is 396 g/mol. The number of rotatable bonds is 7. The molecule has 6 nitrogen and oxygen atoms in total. The number of benzene rings is 3. The number of hydrogen-bond acceptors (Lipinski definition) is 6. The van der Waals surface area contributed by atoms with Gasteiger partial charge in [0.25, 0.3) is 0 Å². The number of esters is 1. The Bertz CT molecular complexity index is 1120. The molecule has 4 rings (SSSR count). The van der Waals surface area contributed by atoms with Gasteiger partial charge in [-0.15, -0.1) is 0 Å². The Labute approximate surface area is 179 Å². The Morgan fingerprint density at radius 3 is 2.45 bits per heavy atom. The van der Waals surface area contributed by atoms with Crippen LogP contribution in [0.25, 0.3) is 6.08 Å². The van der Waals surface area contributed by atoms with E-state index in [9.17, 15) is 9.59 Å². The normalized spacial score (nSPS) is 13.5. The fourth-order valence-corrected chi connectivity index (χ4v) is 3.03. The summed E-state index contributed by atoms with van der Waals surface area (Å²) in [6.45, 7) is 0.0177. The van der Waals surface area contributed by atoms with E-state index in [0.29, 0.717) is 22.8 Å². The van der Waals surface area contributed by atoms with Crippen LogP contribution in [-0.4, -0.2) is 25.5 Å². The number of hydrogen-bond donors (Lipinski definition) is 0. The number of ketones is 1. The summed E-state index contributed by atoms with van der Waals surface area (Å²) in [5.74, 6) is 1.22. The van der Waals surface area contributed by atoms with E-state index in [4.69, 9.17) is 18.9 Å². The lowest BCUT2D eigenvalue weighted by atomic mass is 10.1. The van der Waals surface area contributed by atoms with Gasteiger partial charge < -0.3 is 18.9 Å². The fraction of sp³-hybridized carbons (Fsp3) is 0.120. The van der Waals surface area contributed by atoms with Crippen LogP contribution >= 0.6 is 0 Å². The zero-order chi connectivity index (χ0) is 21.6. The summed E-state index contributed by atoms with van der Waals surface area (Å²) in [5, 5.41) is 0. The van der Waals surface area contributed by atoms with Crippen LogP contribution in [0.2, 0.25) is 0 Å². The lowest BCUT2D eigenvalue weighted by Crippen LogP contribution is -2.14. The number of allylic oxidation sites excluding steroid dienone is 1. The smallest absolute Gasteiger partial charge is 0.344 e. The topological polar surface area (TPSA) is 71.1 Å². The van der Waals surface area contributed by atoms with E-state index in [-0.39, 0.29) is 24.8 Å². The second kappa shape index (κ2) is 9.17. The second-order valence-electron chi connectivity index (χ2n) is 6.81. The van der Waals surface area contributed by atoms with Crippen LogP contribution in [0.1, 0.15) is 21.5 Å². The molecule has 3 aromatic carbocycles. The third kappa shape index (κ3) is 4.93. The molecule has 1 heterocycles. The van der Waals surface area contributed by atoms with Crippen LogP contribution in [-0.2, 0) is 16.1 Å². The van der Waals surface area contributed by atoms with Gasteiger partial charge in [0.15, 0.2) is 12.4 Å². The van der Waals surface area contributed by atoms with Crippen molar-refractivity contribution in [3.63, 3.8) is 0 Å². The molecule has 1 aliphatic heterocycles. The van der Waals surface area contributed by atoms with Crippen molar-refractivity contribution < 1.29 is 28.5 Å². The van der Waals surface area contributed by atoms with Crippen molar-refractivity contribution in [1.29, 1.82) is 0 Å². The van der Waals surface area contributed by atoms with Crippen molar-refractivity contribution >= 4 is 17.8 Å². The van der Waals surface area contributed by atoms with Gasteiger partial charge in [0.1, 0.15) is 23.9 Å². The minimum atomic E-state index is -0.451. The van der Waals surface area contributed by atoms with Gasteiger partial charge in [0.2, 0.25) is 5.78 Å². The maximum absolute atomic E-state index is 12.5. The third-order valence-electron chi connectivity index (χ3n) is 4.65. The average Bonchev–Trinajstić information content (AvgIpc) is 3.12. The Morgan fingerprint density at radius 2 is 1.71 bits per heavy atom. The van der Waals surface area contributed by atoms with Crippen LogP contribution in [0, 0.1) is 0 Å². The Kier molecular flexibility index (Phi) is 5.98. The monoisotopic (exact) mass is 416 g/mol. The molecule has 0 N–H and O–H groups in total. The van der Waals surface area contributed by atoms with Crippen molar-refractivity contribution in [1.82, 2.24) is 0 Å². The predicted molar refractivity (Wildman–Crippen MR) is 114 cm³/mol. The van der Waals surface area contributed by atoms with Gasteiger partial charge in [-0.1, -0.05) is 42.5 Å². The molecule has 3 aromatic rings. The van der Waals surface area contributed by atoms with E-state index in [2.05, 4.69) is 0 Å². The largest absolute Gasteiger partial charge is 0.497 e. The SMILES string of the molecule is COc1ccc2c(c1)O/C(=C\c1ccc(OCC(=O)OCc3ccccc3)cc1)C2=O. The number of carbonyl (C=O) groups is 2. The number of methoxy groups -OCH3 is 1. The standard InChI is InChI=1S/C25H20O6/c1-28-20-11-12-21-22(14-20)31-23(25(21)27)13-17-7-9-19(10-8-17)29-16-24(26)30-15-18-5-3-2-4-6-18/h2-14H,15-16H2,1H3/b23-13-. The van der Waals surface area contributed by atoms with Crippen LogP contribution in [0.5, 0.6) is 17.2 Å². The minimum absolute atomic E-state index is 0.181. The summed E-state index contributed by atoms with van der Waals surface area (Å²) in [6.07, 6.45) is 1.66. The first kappa shape index (κ1) is 20.2. The van der Waals surface area contributed by atoms with Crippen LogP contribution < -0.4 is 14.2 Å². The molecular formula is C25H20O6. The van der Waals surface area contributed by atoms with Crippen LogP contribution in [0.15, 0.2) is 78.6 Å². The van der Waals surface area contributed by atoms with E-state index in [1.807, 2.05) is 30.3 Å². The van der Waals surface area contributed by atoms with Crippen molar-refractivity contribution in [3.8, 4) is 17.2 Å². The highest BCUT2D eigenvalue weighted by atomic mass is 16.6. The zero-order valence-corrected chi connectivity index (χ0v) is 16.9. The Hall–Kier alpha value is -4.06. The first-order valence-corrected chi connectivity index (χ1v) is 9.67. The molecule has 1 aliphatic rings. The first-order chi connectivity index (χ1) is 15.1. The second-order valence-corrected chi connectivity index (χ2v) is 6.81. The number of ether oxygens (including phenoxy) is 4. The van der Waals surface area contributed by atoms with Crippen LogP contribution in [0.3, 0.4) is 0 Å². The average molecular weight is 416 g/mol. The molecule has 6 heteroatoms. The zero-order valence-electron chi connectivity index (χ0n) is 16.9. The molecule has 0 radical (unpaired) electrons. The van der Waals surface area contributed by atoms with Gasteiger partial charge in [-0.2, -0.15) is 0 Å². The van der Waals surface area contributed by atoms with Crippen molar-refractivity contribution in [2.24, 2.45) is 0 Å². The highest BCUT2D eigenvalue weighted by molar-refractivity contribution is 6.14. The Balaban J connectivity index is 1.32. The highest BCUT2D eigenvalue weighted by Gasteiger charge is 2.27. The highest BCUT2D eigenvalue weighted by Crippen LogP contribution is 2.34. The quantitative estimate of drug-likeness (QED) is 0.419. The first-order valence-electron chi connectivity index (χ1n) is 9.67. The van der Waals surface area contributed by atoms with Gasteiger partial charge in [-0.05, 0) is 41.5 Å². The third-order valence-corrected chi connectivity index (χ3v) is 4.65. The van der Waals surface area contributed by atoms with Crippen molar-refractivity contribution in [3.05, 3.63) is 95.2 Å². The number of fused-ring (bicyclic) bond motifs is 1. The maximum Gasteiger partial charge on any atom is 0.344 e. The van der Waals surface area contributed by atoms with Gasteiger partial charge in [0, 0.05) is 6.07 Å². The summed E-state index contributed by atoms with van der Waals surface area (Å²) in [4.78, 5) is 24.4. The summed E-state index contributed by atoms with van der Waals surface area (Å²) < 4.78 is 21.5. The lowest BCUT2D eigenvalue weighted by molar-refractivity contribution is -0.147. The van der Waals surface area contributed by atoms with E-state index < -0.39 is 5.97 Å². The molecule has 0 unspecified atom stereocenters. The summed E-state index contributed by atoms with van der Waals surface area (Å²) in [7, 11) is 1.56. The minimum Gasteiger partial charge on any atom is -0.497 e. The number of Topliss-reactive ketones (excluding diaryl/α,β-unsaturated/α-hetero) is 1. The number of carbonyl (C=O) groups excluding carboxylic acids is 2. The van der Waals surface area contributed by atoms with Crippen molar-refractivity contribution in [2.45, 2.75) is 6.61 Å². The Morgan fingerprint density at radius 1 is 0.968 bits per heavy atom. The van der Waals surface area contributed by atoms with Gasteiger partial charge >= 0.3 is 5.97 Å². The van der Waals surface area contributed by atoms with E-state index in [0.717, 1.165) is 11.1 Å². The van der Waals surface area contributed by atoms with E-state index >= 15 is 0 Å². The van der Waals surface area contributed by atoms with Crippen LogP contribution in [0.4, 0.5) is 0 Å². The molecule has 0 saturated carbocycles. The van der Waals surface area contributed by atoms with E-state index in [1.165, 1.54) is 0 Å². The molecule has 0 fully saturated rings. The molecule has 0 atom stereocenters. The molecule has 0 aromatic heterocycles. The molecule has 0 amide bonds. The molecule has 31 heavy (non-hydrogen) atoms. The summed E-state index contributed by atoms with van der Waals surface area (Å²) in [5.41, 5.74) is 2.18. The van der Waals surface area contributed by atoms with Gasteiger partial charge in [-0.3, -0.25) is 4.79 Å². The maximum atomic E-state index is 12.5. The van der Waals surface area contributed by atoms with Gasteiger partial charge in [0.05, 0.1) is 12.7 Å². The summed E-state index contributed by atoms with van der Waals surface area (Å²) >= 11 is 0. The molecule has 0 aliphatic carbocycles. The predicted octanol–water partition coefficient (Wildman–Crippen LogP) is 4.43. The fourth-order valence-electron chi connectivity index (χ4n) is 3.03. The summed E-state index contributed by atoms with van der Waals surface area (Å²) in [6, 6.07) is 21.5. The van der Waals surface area contributed by atoms with Gasteiger partial charge in [-0.25, -0.2) is 4.79 Å².